The molecule has 32 heavy (non-hydrogen) atoms. The zero-order valence-corrected chi connectivity index (χ0v) is 19.2. The van der Waals surface area contributed by atoms with Gasteiger partial charge in [-0.3, -0.25) is 20.2 Å². The summed E-state index contributed by atoms with van der Waals surface area (Å²) >= 11 is 7.12. The molecule has 1 fully saturated rings. The Kier molecular flexibility index (Phi) is 6.14. The fraction of sp³-hybridized carbons (Fsp3) is 0.263. The average Bonchev–Trinajstić information content (AvgIpc) is 3.15. The number of amides is 1. The van der Waals surface area contributed by atoms with Gasteiger partial charge in [0.1, 0.15) is 0 Å². The van der Waals surface area contributed by atoms with Crippen LogP contribution in [0.2, 0.25) is 5.02 Å². The van der Waals surface area contributed by atoms with E-state index >= 15 is 0 Å². The summed E-state index contributed by atoms with van der Waals surface area (Å²) in [4.78, 5) is 29.5. The Morgan fingerprint density at radius 1 is 1.19 bits per heavy atom. The number of aromatic nitrogens is 1. The van der Waals surface area contributed by atoms with Gasteiger partial charge in [0, 0.05) is 38.3 Å². The maximum absolute atomic E-state index is 13.0. The molecule has 1 amide bonds. The van der Waals surface area contributed by atoms with Crippen LogP contribution in [0.3, 0.4) is 0 Å². The highest BCUT2D eigenvalue weighted by molar-refractivity contribution is 7.89. The van der Waals surface area contributed by atoms with Crippen LogP contribution in [0.15, 0.2) is 41.3 Å². The first kappa shape index (κ1) is 22.6. The summed E-state index contributed by atoms with van der Waals surface area (Å²) in [5.41, 5.74) is 0.203. The zero-order valence-electron chi connectivity index (χ0n) is 16.8. The lowest BCUT2D eigenvalue weighted by Crippen LogP contribution is -2.46. The third kappa shape index (κ3) is 4.45. The van der Waals surface area contributed by atoms with E-state index in [4.69, 9.17) is 11.6 Å². The topological polar surface area (TPSA) is 126 Å². The summed E-state index contributed by atoms with van der Waals surface area (Å²) in [5, 5.41) is 13.8. The summed E-state index contributed by atoms with van der Waals surface area (Å²) in [6.45, 7) is 2.17. The Morgan fingerprint density at radius 3 is 2.59 bits per heavy atom. The molecule has 0 saturated carbocycles. The molecule has 3 aromatic rings. The molecule has 1 aliphatic heterocycles. The largest absolute Gasteiger partial charge is 0.304 e. The first-order chi connectivity index (χ1) is 15.1. The molecule has 0 unspecified atom stereocenters. The van der Waals surface area contributed by atoms with E-state index in [1.165, 1.54) is 28.6 Å². The number of carbonyl (C=O) groups is 1. The van der Waals surface area contributed by atoms with Crippen LogP contribution in [-0.2, 0) is 10.0 Å². The molecule has 4 rings (SSSR count). The van der Waals surface area contributed by atoms with Crippen molar-refractivity contribution in [1.29, 1.82) is 0 Å². The Labute approximate surface area is 192 Å². The maximum atomic E-state index is 13.0. The zero-order chi connectivity index (χ0) is 23.0. The number of thiazole rings is 1. The van der Waals surface area contributed by atoms with E-state index in [-0.39, 0.29) is 26.3 Å². The van der Waals surface area contributed by atoms with Crippen molar-refractivity contribution in [2.24, 2.45) is 0 Å². The van der Waals surface area contributed by atoms with E-state index in [0.29, 0.717) is 36.4 Å². The number of hydrogen-bond acceptors (Lipinski definition) is 8. The molecular formula is C19H18ClN5O5S2. The highest BCUT2D eigenvalue weighted by Gasteiger charge is 2.28. The predicted octanol–water partition coefficient (Wildman–Crippen LogP) is 3.05. The van der Waals surface area contributed by atoms with Crippen molar-refractivity contribution in [2.45, 2.75) is 4.90 Å². The van der Waals surface area contributed by atoms with Crippen LogP contribution in [0.5, 0.6) is 0 Å². The number of hydrogen-bond donors (Lipinski definition) is 1. The minimum absolute atomic E-state index is 0.0570. The number of halogens is 1. The molecule has 0 bridgehead atoms. The minimum atomic E-state index is -3.64. The smallest absolute Gasteiger partial charge is 0.270 e. The summed E-state index contributed by atoms with van der Waals surface area (Å²) in [6.07, 6.45) is 0. The number of nitrogens with one attached hydrogen (secondary N) is 1. The lowest BCUT2D eigenvalue weighted by atomic mass is 10.2. The number of fused-ring (bicyclic) bond motifs is 1. The van der Waals surface area contributed by atoms with E-state index < -0.39 is 20.9 Å². The van der Waals surface area contributed by atoms with E-state index in [1.807, 2.05) is 7.05 Å². The number of piperazine rings is 1. The van der Waals surface area contributed by atoms with Crippen molar-refractivity contribution in [3.8, 4) is 0 Å². The van der Waals surface area contributed by atoms with Gasteiger partial charge >= 0.3 is 0 Å². The average molecular weight is 496 g/mol. The second kappa shape index (κ2) is 8.71. The van der Waals surface area contributed by atoms with Gasteiger partial charge < -0.3 is 4.90 Å². The van der Waals surface area contributed by atoms with Crippen LogP contribution in [0, 0.1) is 10.1 Å². The molecule has 1 saturated heterocycles. The van der Waals surface area contributed by atoms with E-state index in [0.717, 1.165) is 17.4 Å². The lowest BCUT2D eigenvalue weighted by molar-refractivity contribution is -0.384. The lowest BCUT2D eigenvalue weighted by Gasteiger charge is -2.31. The van der Waals surface area contributed by atoms with Crippen molar-refractivity contribution in [3.63, 3.8) is 0 Å². The van der Waals surface area contributed by atoms with Gasteiger partial charge in [0.15, 0.2) is 5.13 Å². The van der Waals surface area contributed by atoms with Gasteiger partial charge in [0.2, 0.25) is 10.0 Å². The number of nitro groups is 1. The van der Waals surface area contributed by atoms with Gasteiger partial charge in [-0.05, 0) is 31.3 Å². The maximum Gasteiger partial charge on any atom is 0.270 e. The molecular weight excluding hydrogens is 478 g/mol. The molecule has 2 heterocycles. The Hall–Kier alpha value is -2.64. The van der Waals surface area contributed by atoms with Gasteiger partial charge in [-0.2, -0.15) is 4.31 Å². The van der Waals surface area contributed by atoms with E-state index in [1.54, 1.807) is 6.07 Å². The second-order valence-corrected chi connectivity index (χ2v) is 10.6. The molecule has 10 nitrogen and oxygen atoms in total. The highest BCUT2D eigenvalue weighted by atomic mass is 35.5. The van der Waals surface area contributed by atoms with Gasteiger partial charge in [0.05, 0.1) is 30.6 Å². The van der Waals surface area contributed by atoms with Crippen molar-refractivity contribution < 1.29 is 18.1 Å². The number of sulfonamides is 1. The number of rotatable bonds is 5. The first-order valence-electron chi connectivity index (χ1n) is 9.50. The summed E-state index contributed by atoms with van der Waals surface area (Å²) < 4.78 is 28.0. The van der Waals surface area contributed by atoms with E-state index in [2.05, 4.69) is 15.2 Å². The van der Waals surface area contributed by atoms with Gasteiger partial charge in [-0.1, -0.05) is 22.9 Å². The molecule has 1 aliphatic rings. The molecule has 2 aromatic carbocycles. The predicted molar refractivity (Wildman–Crippen MR) is 122 cm³/mol. The van der Waals surface area contributed by atoms with Crippen molar-refractivity contribution >= 4 is 59.9 Å². The molecule has 1 N–H and O–H groups in total. The molecule has 168 valence electrons. The number of benzene rings is 2. The number of nitrogens with zero attached hydrogens (tertiary/aromatic N) is 4. The van der Waals surface area contributed by atoms with Crippen molar-refractivity contribution in [2.75, 3.05) is 38.5 Å². The monoisotopic (exact) mass is 495 g/mol. The summed E-state index contributed by atoms with van der Waals surface area (Å²) in [7, 11) is -1.69. The number of non-ortho nitro benzene ring substituents is 1. The van der Waals surface area contributed by atoms with Crippen LogP contribution in [-0.4, -0.2) is 66.7 Å². The SMILES string of the molecule is CN1CCN(S(=O)(=O)c2ccc3nc(NC(=O)c4cc([N+](=O)[O-])ccc4Cl)sc3c2)CC1. The Balaban J connectivity index is 1.58. The van der Waals surface area contributed by atoms with Crippen molar-refractivity contribution in [3.05, 3.63) is 57.1 Å². The number of nitro benzene ring substituents is 1. The number of anilines is 1. The third-order valence-corrected chi connectivity index (χ3v) is 8.24. The molecule has 0 radical (unpaired) electrons. The molecule has 13 heteroatoms. The normalized spacial score (nSPS) is 15.7. The number of carbonyl (C=O) groups excluding carboxylic acids is 1. The fourth-order valence-electron chi connectivity index (χ4n) is 3.26. The third-order valence-electron chi connectivity index (χ3n) is 5.09. The number of likely N-dealkylation sites (N-methyl/N-ethyl adjacent to an activating group) is 1. The van der Waals surface area contributed by atoms with Crippen molar-refractivity contribution in [1.82, 2.24) is 14.2 Å². The Bertz CT molecular complexity index is 1320. The molecule has 0 aliphatic carbocycles. The van der Waals surface area contributed by atoms with Crippen LogP contribution in [0.25, 0.3) is 10.2 Å². The van der Waals surface area contributed by atoms with Gasteiger partial charge in [-0.15, -0.1) is 0 Å². The van der Waals surface area contributed by atoms with Gasteiger partial charge in [0.25, 0.3) is 11.6 Å². The van der Waals surface area contributed by atoms with Crippen LogP contribution >= 0.6 is 22.9 Å². The quantitative estimate of drug-likeness (QED) is 0.425. The van der Waals surface area contributed by atoms with Crippen LogP contribution in [0.4, 0.5) is 10.8 Å². The van der Waals surface area contributed by atoms with Crippen LogP contribution < -0.4 is 5.32 Å². The van der Waals surface area contributed by atoms with Gasteiger partial charge in [-0.25, -0.2) is 13.4 Å². The standard InChI is InChI=1S/C19H18ClN5O5S2/c1-23-6-8-24(9-7-23)32(29,30)13-3-5-16-17(11-13)31-19(21-16)22-18(26)14-10-12(25(27)28)2-4-15(14)20/h2-5,10-11H,6-9H2,1H3,(H,21,22,26). The van der Waals surface area contributed by atoms with Crippen LogP contribution in [0.1, 0.15) is 10.4 Å². The Morgan fingerprint density at radius 2 is 1.91 bits per heavy atom. The minimum Gasteiger partial charge on any atom is -0.304 e. The summed E-state index contributed by atoms with van der Waals surface area (Å²) in [6, 6.07) is 8.20. The first-order valence-corrected chi connectivity index (χ1v) is 12.1. The summed E-state index contributed by atoms with van der Waals surface area (Å²) in [5.74, 6) is -0.650. The molecule has 1 aromatic heterocycles. The molecule has 0 atom stereocenters. The second-order valence-electron chi connectivity index (χ2n) is 7.23. The fourth-order valence-corrected chi connectivity index (χ4v) is 5.89. The van der Waals surface area contributed by atoms with E-state index in [9.17, 15) is 23.3 Å². The molecule has 0 spiro atoms. The highest BCUT2D eigenvalue weighted by Crippen LogP contribution is 2.30.